The average molecular weight is 359 g/mol. The number of hydrogen-bond donors (Lipinski definition) is 0. The van der Waals surface area contributed by atoms with Crippen molar-refractivity contribution in [3.8, 4) is 0 Å². The Kier molecular flexibility index (Phi) is 13.3. The van der Waals surface area contributed by atoms with Crippen molar-refractivity contribution in [3.63, 3.8) is 0 Å². The molecule has 0 spiro atoms. The van der Waals surface area contributed by atoms with E-state index in [0.29, 0.717) is 19.3 Å². The molecule has 0 aliphatic carbocycles. The number of ether oxygens (including phenoxy) is 2. The number of aldehydes is 1. The number of carbonyl (C=O) groups excluding carboxylic acids is 4. The van der Waals surface area contributed by atoms with E-state index in [0.717, 1.165) is 17.9 Å². The fourth-order valence-electron chi connectivity index (χ4n) is 1.72. The molecule has 1 unspecified atom stereocenters. The summed E-state index contributed by atoms with van der Waals surface area (Å²) < 4.78 is 10.6. The van der Waals surface area contributed by atoms with Crippen LogP contribution in [0.15, 0.2) is 0 Å². The zero-order valence-corrected chi connectivity index (χ0v) is 15.3. The molecule has 8 nitrogen and oxygen atoms in total. The predicted octanol–water partition coefficient (Wildman–Crippen LogP) is 1.80. The van der Waals surface area contributed by atoms with Crippen molar-refractivity contribution in [2.24, 2.45) is 0 Å². The Morgan fingerprint density at radius 1 is 1.08 bits per heavy atom. The first-order chi connectivity index (χ1) is 11.9. The lowest BCUT2D eigenvalue weighted by atomic mass is 10.3. The third-order valence-electron chi connectivity index (χ3n) is 3.29. The first kappa shape index (κ1) is 23.0. The quantitative estimate of drug-likeness (QED) is 0.214. The molecule has 0 saturated carbocycles. The normalized spacial score (nSPS) is 11.5. The number of hydrogen-bond acceptors (Lipinski definition) is 7. The Labute approximate surface area is 148 Å². The van der Waals surface area contributed by atoms with Gasteiger partial charge in [0.2, 0.25) is 0 Å². The van der Waals surface area contributed by atoms with E-state index < -0.39 is 17.8 Å². The summed E-state index contributed by atoms with van der Waals surface area (Å²) in [6, 6.07) is 0. The fourth-order valence-corrected chi connectivity index (χ4v) is 1.72. The molecule has 8 heteroatoms. The number of nitrogens with zero attached hydrogens (tertiary/aromatic N) is 1. The second-order valence-corrected chi connectivity index (χ2v) is 5.60. The van der Waals surface area contributed by atoms with Crippen LogP contribution in [-0.2, 0) is 33.5 Å². The number of amides is 1. The molecule has 0 N–H and O–H groups in total. The number of carbonyl (C=O) groups is 4. The summed E-state index contributed by atoms with van der Waals surface area (Å²) in [5.74, 6) is -1.71. The number of unbranched alkanes of at least 4 members (excludes halogenated alkanes) is 1. The maximum absolute atomic E-state index is 11.6. The van der Waals surface area contributed by atoms with Crippen molar-refractivity contribution in [1.29, 1.82) is 0 Å². The smallest absolute Gasteiger partial charge is 0.333 e. The van der Waals surface area contributed by atoms with Crippen LogP contribution in [-0.4, -0.2) is 55.6 Å². The molecule has 0 aromatic rings. The minimum atomic E-state index is -0.713. The summed E-state index contributed by atoms with van der Waals surface area (Å²) in [5, 5.41) is 0.770. The van der Waals surface area contributed by atoms with Crippen molar-refractivity contribution >= 4 is 24.1 Å². The molecule has 1 atom stereocenters. The summed E-state index contributed by atoms with van der Waals surface area (Å²) in [4.78, 5) is 49.5. The average Bonchev–Trinajstić information content (AvgIpc) is 2.58. The lowest BCUT2D eigenvalue weighted by Gasteiger charge is -2.15. The molecule has 0 rings (SSSR count). The zero-order valence-electron chi connectivity index (χ0n) is 15.3. The van der Waals surface area contributed by atoms with E-state index >= 15 is 0 Å². The monoisotopic (exact) mass is 359 g/mol. The van der Waals surface area contributed by atoms with Gasteiger partial charge in [-0.2, -0.15) is 5.06 Å². The molecule has 0 heterocycles. The molecule has 0 saturated heterocycles. The van der Waals surface area contributed by atoms with Crippen LogP contribution in [0, 0.1) is 0 Å². The highest BCUT2D eigenvalue weighted by Crippen LogP contribution is 2.03. The Morgan fingerprint density at radius 3 is 2.40 bits per heavy atom. The number of esters is 1. The predicted molar refractivity (Wildman–Crippen MR) is 89.3 cm³/mol. The largest absolute Gasteiger partial charge is 0.466 e. The summed E-state index contributed by atoms with van der Waals surface area (Å²) in [5.41, 5.74) is 0. The van der Waals surface area contributed by atoms with E-state index in [1.165, 1.54) is 7.05 Å². The van der Waals surface area contributed by atoms with Gasteiger partial charge < -0.3 is 19.1 Å². The standard InChI is InChI=1S/C17H29NO7/c1-4-5-12-23-14(2)10-13-24-16(21)8-9-17(22)25-18(3)15(20)7-6-11-19/h11,14H,4-10,12-13H2,1-3H3. The molecule has 25 heavy (non-hydrogen) atoms. The van der Waals surface area contributed by atoms with Gasteiger partial charge in [-0.3, -0.25) is 9.59 Å². The van der Waals surface area contributed by atoms with Gasteiger partial charge >= 0.3 is 11.9 Å². The van der Waals surface area contributed by atoms with E-state index in [1.54, 1.807) is 0 Å². The topological polar surface area (TPSA) is 99.2 Å². The van der Waals surface area contributed by atoms with Gasteiger partial charge in [-0.05, 0) is 13.3 Å². The Bertz CT molecular complexity index is 425. The van der Waals surface area contributed by atoms with Gasteiger partial charge in [0.05, 0.1) is 25.6 Å². The van der Waals surface area contributed by atoms with E-state index in [2.05, 4.69) is 6.92 Å². The van der Waals surface area contributed by atoms with E-state index in [1.807, 2.05) is 6.92 Å². The molecule has 0 aromatic carbocycles. The maximum atomic E-state index is 11.6. The van der Waals surface area contributed by atoms with E-state index in [4.69, 9.17) is 14.3 Å². The van der Waals surface area contributed by atoms with Crippen molar-refractivity contribution in [3.05, 3.63) is 0 Å². The Balaban J connectivity index is 3.81. The first-order valence-corrected chi connectivity index (χ1v) is 8.58. The minimum Gasteiger partial charge on any atom is -0.466 e. The third-order valence-corrected chi connectivity index (χ3v) is 3.29. The van der Waals surface area contributed by atoms with E-state index in [9.17, 15) is 19.2 Å². The van der Waals surface area contributed by atoms with Crippen LogP contribution in [0.2, 0.25) is 0 Å². The molecule has 144 valence electrons. The van der Waals surface area contributed by atoms with Gasteiger partial charge in [-0.15, -0.1) is 0 Å². The summed E-state index contributed by atoms with van der Waals surface area (Å²) in [6.45, 7) is 4.92. The van der Waals surface area contributed by atoms with Gasteiger partial charge in [0.25, 0.3) is 5.91 Å². The molecule has 0 aromatic heterocycles. The highest BCUT2D eigenvalue weighted by molar-refractivity contribution is 5.81. The molecule has 0 aliphatic heterocycles. The second kappa shape index (κ2) is 14.4. The van der Waals surface area contributed by atoms with Gasteiger partial charge in [-0.25, -0.2) is 4.79 Å². The third kappa shape index (κ3) is 13.1. The van der Waals surface area contributed by atoms with Crippen LogP contribution in [0.5, 0.6) is 0 Å². The maximum Gasteiger partial charge on any atom is 0.333 e. The summed E-state index contributed by atoms with van der Waals surface area (Å²) >= 11 is 0. The van der Waals surface area contributed by atoms with Crippen molar-refractivity contribution < 1.29 is 33.5 Å². The van der Waals surface area contributed by atoms with Crippen molar-refractivity contribution in [1.82, 2.24) is 5.06 Å². The molecular formula is C17H29NO7. The fraction of sp³-hybridized carbons (Fsp3) is 0.765. The van der Waals surface area contributed by atoms with Gasteiger partial charge in [-0.1, -0.05) is 13.3 Å². The minimum absolute atomic E-state index is 0.00958. The van der Waals surface area contributed by atoms with Crippen LogP contribution >= 0.6 is 0 Å². The van der Waals surface area contributed by atoms with Gasteiger partial charge in [0.1, 0.15) is 6.29 Å². The van der Waals surface area contributed by atoms with Crippen LogP contribution in [0.3, 0.4) is 0 Å². The van der Waals surface area contributed by atoms with E-state index in [-0.39, 0.29) is 38.4 Å². The SMILES string of the molecule is CCCCOC(C)CCOC(=O)CCC(=O)ON(C)C(=O)CCC=O. The zero-order chi connectivity index (χ0) is 19.1. The number of hydroxylamine groups is 2. The second-order valence-electron chi connectivity index (χ2n) is 5.60. The van der Waals surface area contributed by atoms with Crippen molar-refractivity contribution in [2.45, 2.75) is 64.9 Å². The van der Waals surface area contributed by atoms with Crippen LogP contribution in [0.1, 0.15) is 58.8 Å². The first-order valence-electron chi connectivity index (χ1n) is 8.58. The highest BCUT2D eigenvalue weighted by Gasteiger charge is 2.15. The summed E-state index contributed by atoms with van der Waals surface area (Å²) in [7, 11) is 1.28. The highest BCUT2D eigenvalue weighted by atomic mass is 16.7. The van der Waals surface area contributed by atoms with Crippen molar-refractivity contribution in [2.75, 3.05) is 20.3 Å². The number of rotatable bonds is 13. The van der Waals surface area contributed by atoms with Crippen LogP contribution < -0.4 is 0 Å². The molecule has 0 fully saturated rings. The molecule has 0 aliphatic rings. The Morgan fingerprint density at radius 2 is 1.76 bits per heavy atom. The molecular weight excluding hydrogens is 330 g/mol. The van der Waals surface area contributed by atoms with Gasteiger partial charge in [0.15, 0.2) is 0 Å². The van der Waals surface area contributed by atoms with Crippen LogP contribution in [0.4, 0.5) is 0 Å². The lowest BCUT2D eigenvalue weighted by Crippen LogP contribution is -2.30. The summed E-state index contributed by atoms with van der Waals surface area (Å²) in [6.07, 6.45) is 2.99. The molecule has 0 bridgehead atoms. The molecule has 0 radical (unpaired) electrons. The lowest BCUT2D eigenvalue weighted by molar-refractivity contribution is -0.193. The van der Waals surface area contributed by atoms with Crippen LogP contribution in [0.25, 0.3) is 0 Å². The Hall–Kier alpha value is -1.96. The van der Waals surface area contributed by atoms with Gasteiger partial charge in [0, 0.05) is 32.9 Å². The molecule has 1 amide bonds.